The lowest BCUT2D eigenvalue weighted by molar-refractivity contribution is -0.135. The van der Waals surface area contributed by atoms with Gasteiger partial charge in [0, 0.05) is 28.3 Å². The zero-order valence-corrected chi connectivity index (χ0v) is 12.9. The predicted octanol–water partition coefficient (Wildman–Crippen LogP) is 3.10. The number of nitrogens with two attached hydrogens (primary N) is 1. The molecule has 0 spiro atoms. The zero-order valence-electron chi connectivity index (χ0n) is 12.1. The van der Waals surface area contributed by atoms with Gasteiger partial charge in [0.05, 0.1) is 6.04 Å². The van der Waals surface area contributed by atoms with Gasteiger partial charge in [-0.05, 0) is 45.2 Å². The first-order chi connectivity index (χ1) is 9.04. The highest BCUT2D eigenvalue weighted by molar-refractivity contribution is 7.12. The Hall–Kier alpha value is -0.870. The summed E-state index contributed by atoms with van der Waals surface area (Å²) in [5.74, 6) is 0.249. The summed E-state index contributed by atoms with van der Waals surface area (Å²) in [6, 6.07) is 4.63. The molecule has 1 fully saturated rings. The van der Waals surface area contributed by atoms with Crippen molar-refractivity contribution in [3.8, 4) is 0 Å². The maximum atomic E-state index is 12.3. The van der Waals surface area contributed by atoms with Gasteiger partial charge >= 0.3 is 0 Å². The number of thiophene rings is 1. The van der Waals surface area contributed by atoms with Crippen molar-refractivity contribution in [3.05, 3.63) is 21.9 Å². The van der Waals surface area contributed by atoms with Crippen LogP contribution in [0.4, 0.5) is 0 Å². The molecule has 0 bridgehead atoms. The number of nitrogens with zero attached hydrogens (tertiary/aromatic N) is 1. The van der Waals surface area contributed by atoms with Crippen LogP contribution in [0.5, 0.6) is 0 Å². The first kappa shape index (κ1) is 14.5. The Morgan fingerprint density at radius 1 is 1.47 bits per heavy atom. The van der Waals surface area contributed by atoms with E-state index in [-0.39, 0.29) is 24.0 Å². The van der Waals surface area contributed by atoms with Crippen LogP contribution in [0.3, 0.4) is 0 Å². The van der Waals surface area contributed by atoms with Crippen LogP contribution in [0.25, 0.3) is 0 Å². The van der Waals surface area contributed by atoms with E-state index in [1.807, 2.05) is 4.90 Å². The molecule has 2 rings (SSSR count). The van der Waals surface area contributed by atoms with Crippen molar-refractivity contribution in [1.82, 2.24) is 4.90 Å². The van der Waals surface area contributed by atoms with Gasteiger partial charge < -0.3 is 10.6 Å². The van der Waals surface area contributed by atoms with Gasteiger partial charge in [0.15, 0.2) is 0 Å². The summed E-state index contributed by atoms with van der Waals surface area (Å²) in [5.41, 5.74) is 6.36. The van der Waals surface area contributed by atoms with Crippen LogP contribution < -0.4 is 5.73 Å². The lowest BCUT2D eigenvalue weighted by Crippen LogP contribution is -2.45. The molecule has 2 heterocycles. The van der Waals surface area contributed by atoms with Crippen molar-refractivity contribution >= 4 is 17.2 Å². The van der Waals surface area contributed by atoms with Crippen LogP contribution in [0.1, 0.15) is 55.8 Å². The zero-order chi connectivity index (χ0) is 14.0. The van der Waals surface area contributed by atoms with Crippen LogP contribution in [-0.4, -0.2) is 22.9 Å². The fourth-order valence-electron chi connectivity index (χ4n) is 2.84. The predicted molar refractivity (Wildman–Crippen MR) is 80.2 cm³/mol. The first-order valence-electron chi connectivity index (χ1n) is 7.20. The normalized spacial score (nSPS) is 24.9. The molecule has 0 aromatic carbocycles. The number of hydrogen-bond acceptors (Lipinski definition) is 3. The standard InChI is InChI=1S/C15H24N2OS/c1-4-11-8-9-13(19-11)15-12(16)6-5-7-14(18)17(15)10(2)3/h8-10,12,15H,4-7,16H2,1-3H3. The largest absolute Gasteiger partial charge is 0.331 e. The molecular weight excluding hydrogens is 256 g/mol. The second-order valence-electron chi connectivity index (χ2n) is 5.55. The molecule has 1 aliphatic rings. The highest BCUT2D eigenvalue weighted by Gasteiger charge is 2.35. The summed E-state index contributed by atoms with van der Waals surface area (Å²) >= 11 is 1.80. The van der Waals surface area contributed by atoms with Crippen LogP contribution in [0.15, 0.2) is 12.1 Å². The van der Waals surface area contributed by atoms with Gasteiger partial charge in [0.2, 0.25) is 5.91 Å². The van der Waals surface area contributed by atoms with Gasteiger partial charge in [-0.15, -0.1) is 11.3 Å². The number of rotatable bonds is 3. The van der Waals surface area contributed by atoms with E-state index in [1.165, 1.54) is 9.75 Å². The molecule has 106 valence electrons. The van der Waals surface area contributed by atoms with Gasteiger partial charge in [0.25, 0.3) is 0 Å². The Bertz CT molecular complexity index is 441. The van der Waals surface area contributed by atoms with Gasteiger partial charge in [-0.3, -0.25) is 4.79 Å². The van der Waals surface area contributed by atoms with Crippen LogP contribution in [-0.2, 0) is 11.2 Å². The fourth-order valence-corrected chi connectivity index (χ4v) is 3.97. The Kier molecular flexibility index (Phi) is 4.63. The van der Waals surface area contributed by atoms with E-state index in [1.54, 1.807) is 11.3 Å². The maximum Gasteiger partial charge on any atom is 0.223 e. The summed E-state index contributed by atoms with van der Waals surface area (Å²) in [4.78, 5) is 16.9. The molecule has 19 heavy (non-hydrogen) atoms. The van der Waals surface area contributed by atoms with E-state index in [0.717, 1.165) is 19.3 Å². The molecule has 1 aliphatic heterocycles. The maximum absolute atomic E-state index is 12.3. The van der Waals surface area contributed by atoms with Gasteiger partial charge in [-0.1, -0.05) is 6.92 Å². The summed E-state index contributed by atoms with van der Waals surface area (Å²) in [7, 11) is 0. The lowest BCUT2D eigenvalue weighted by Gasteiger charge is -2.36. The van der Waals surface area contributed by atoms with E-state index >= 15 is 0 Å². The Morgan fingerprint density at radius 3 is 2.79 bits per heavy atom. The number of carbonyl (C=O) groups is 1. The van der Waals surface area contributed by atoms with Gasteiger partial charge in [-0.25, -0.2) is 0 Å². The smallest absolute Gasteiger partial charge is 0.223 e. The molecular formula is C15H24N2OS. The van der Waals surface area contributed by atoms with Crippen LogP contribution in [0, 0.1) is 0 Å². The van der Waals surface area contributed by atoms with Crippen LogP contribution in [0.2, 0.25) is 0 Å². The number of aryl methyl sites for hydroxylation is 1. The second-order valence-corrected chi connectivity index (χ2v) is 6.75. The van der Waals surface area contributed by atoms with Crippen molar-refractivity contribution in [2.45, 2.75) is 64.6 Å². The topological polar surface area (TPSA) is 46.3 Å². The van der Waals surface area contributed by atoms with Crippen molar-refractivity contribution in [2.24, 2.45) is 5.73 Å². The molecule has 4 heteroatoms. The Morgan fingerprint density at radius 2 is 2.21 bits per heavy atom. The average Bonchev–Trinajstić information content (AvgIpc) is 2.77. The van der Waals surface area contributed by atoms with Gasteiger partial charge in [0.1, 0.15) is 0 Å². The first-order valence-corrected chi connectivity index (χ1v) is 8.01. The molecule has 2 unspecified atom stereocenters. The molecule has 1 aromatic rings. The summed E-state index contributed by atoms with van der Waals surface area (Å²) < 4.78 is 0. The lowest BCUT2D eigenvalue weighted by atomic mass is 10.0. The molecule has 1 aromatic heterocycles. The van der Waals surface area contributed by atoms with E-state index < -0.39 is 0 Å². The summed E-state index contributed by atoms with van der Waals surface area (Å²) in [6.45, 7) is 6.32. The highest BCUT2D eigenvalue weighted by atomic mass is 32.1. The summed E-state index contributed by atoms with van der Waals surface area (Å²) in [5, 5.41) is 0. The Labute approximate surface area is 119 Å². The average molecular weight is 280 g/mol. The third-order valence-electron chi connectivity index (χ3n) is 3.80. The molecule has 3 nitrogen and oxygen atoms in total. The van der Waals surface area contributed by atoms with Crippen molar-refractivity contribution in [2.75, 3.05) is 0 Å². The minimum atomic E-state index is 0.0530. The van der Waals surface area contributed by atoms with Crippen LogP contribution >= 0.6 is 11.3 Å². The van der Waals surface area contributed by atoms with Gasteiger partial charge in [-0.2, -0.15) is 0 Å². The molecule has 1 saturated heterocycles. The number of likely N-dealkylation sites (tertiary alicyclic amines) is 1. The van der Waals surface area contributed by atoms with E-state index in [0.29, 0.717) is 6.42 Å². The molecule has 2 atom stereocenters. The van der Waals surface area contributed by atoms with E-state index in [4.69, 9.17) is 5.73 Å². The Balaban J connectivity index is 2.37. The minimum Gasteiger partial charge on any atom is -0.331 e. The molecule has 1 amide bonds. The fraction of sp³-hybridized carbons (Fsp3) is 0.667. The molecule has 0 aliphatic carbocycles. The third-order valence-corrected chi connectivity index (χ3v) is 5.10. The number of carbonyl (C=O) groups excluding carboxylic acids is 1. The molecule has 0 radical (unpaired) electrons. The quantitative estimate of drug-likeness (QED) is 0.924. The number of amides is 1. The van der Waals surface area contributed by atoms with Crippen molar-refractivity contribution in [1.29, 1.82) is 0 Å². The third kappa shape index (κ3) is 3.00. The summed E-state index contributed by atoms with van der Waals surface area (Å²) in [6.07, 6.45) is 3.52. The van der Waals surface area contributed by atoms with Crippen molar-refractivity contribution < 1.29 is 4.79 Å². The minimum absolute atomic E-state index is 0.0530. The van der Waals surface area contributed by atoms with Crippen molar-refractivity contribution in [3.63, 3.8) is 0 Å². The van der Waals surface area contributed by atoms with E-state index in [2.05, 4.69) is 32.9 Å². The molecule has 0 saturated carbocycles. The molecule has 2 N–H and O–H groups in total. The highest BCUT2D eigenvalue weighted by Crippen LogP contribution is 2.35. The SMILES string of the molecule is CCc1ccc(C2C(N)CCCC(=O)N2C(C)C)s1. The second kappa shape index (κ2) is 6.06. The number of hydrogen-bond donors (Lipinski definition) is 1. The monoisotopic (exact) mass is 280 g/mol. The van der Waals surface area contributed by atoms with E-state index in [9.17, 15) is 4.79 Å².